The average Bonchev–Trinajstić information content (AvgIpc) is 3.00. The lowest BCUT2D eigenvalue weighted by atomic mass is 10.1. The fourth-order valence-corrected chi connectivity index (χ4v) is 3.05. The third-order valence-corrected chi connectivity index (χ3v) is 4.14. The van der Waals surface area contributed by atoms with Crippen LogP contribution in [0.5, 0.6) is 0 Å². The maximum absolute atomic E-state index is 5.95. The number of aromatic nitrogens is 2. The Kier molecular flexibility index (Phi) is 2.50. The van der Waals surface area contributed by atoms with Crippen LogP contribution in [0.15, 0.2) is 77.3 Å². The molecule has 0 N–H and O–H groups in total. The van der Waals surface area contributed by atoms with Crippen molar-refractivity contribution in [3.63, 3.8) is 0 Å². The zero-order valence-corrected chi connectivity index (χ0v) is 12.2. The molecule has 0 fully saturated rings. The Labute approximate surface area is 132 Å². The van der Waals surface area contributed by atoms with Crippen LogP contribution in [0.4, 0.5) is 0 Å². The van der Waals surface area contributed by atoms with Crippen LogP contribution in [0.1, 0.15) is 0 Å². The number of benzene rings is 3. The largest absolute Gasteiger partial charge is 0.436 e. The van der Waals surface area contributed by atoms with Gasteiger partial charge in [-0.1, -0.05) is 60.7 Å². The molecule has 0 saturated heterocycles. The molecule has 0 amide bonds. The highest BCUT2D eigenvalue weighted by Crippen LogP contribution is 2.33. The van der Waals surface area contributed by atoms with Crippen LogP contribution in [-0.2, 0) is 0 Å². The van der Waals surface area contributed by atoms with Crippen molar-refractivity contribution in [2.75, 3.05) is 0 Å². The molecule has 0 bridgehead atoms. The molecule has 3 nitrogen and oxygen atoms in total. The number of furan rings is 1. The van der Waals surface area contributed by atoms with Crippen LogP contribution < -0.4 is 0 Å². The minimum atomic E-state index is 0.581. The van der Waals surface area contributed by atoms with Crippen molar-refractivity contribution in [3.8, 4) is 11.3 Å². The summed E-state index contributed by atoms with van der Waals surface area (Å²) in [6.07, 6.45) is 1.81. The first kappa shape index (κ1) is 12.4. The van der Waals surface area contributed by atoms with Crippen molar-refractivity contribution in [1.29, 1.82) is 0 Å². The third kappa shape index (κ3) is 1.83. The van der Waals surface area contributed by atoms with Gasteiger partial charge in [0.05, 0.1) is 17.3 Å². The molecular formula is C20H12N2O. The quantitative estimate of drug-likeness (QED) is 0.427. The minimum absolute atomic E-state index is 0.581. The molecule has 0 atom stereocenters. The van der Waals surface area contributed by atoms with E-state index in [0.29, 0.717) is 5.71 Å². The van der Waals surface area contributed by atoms with Crippen molar-refractivity contribution in [1.82, 2.24) is 9.97 Å². The second-order valence-electron chi connectivity index (χ2n) is 5.54. The Morgan fingerprint density at radius 2 is 1.61 bits per heavy atom. The lowest BCUT2D eigenvalue weighted by Gasteiger charge is -1.99. The van der Waals surface area contributed by atoms with Crippen LogP contribution in [0.3, 0.4) is 0 Å². The van der Waals surface area contributed by atoms with E-state index in [1.807, 2.05) is 54.7 Å². The highest BCUT2D eigenvalue weighted by molar-refractivity contribution is 6.16. The van der Waals surface area contributed by atoms with E-state index >= 15 is 0 Å². The van der Waals surface area contributed by atoms with Crippen LogP contribution in [0.2, 0.25) is 0 Å². The molecule has 0 unspecified atom stereocenters. The van der Waals surface area contributed by atoms with Crippen LogP contribution >= 0.6 is 0 Å². The van der Waals surface area contributed by atoms with Gasteiger partial charge < -0.3 is 4.42 Å². The van der Waals surface area contributed by atoms with Crippen molar-refractivity contribution < 1.29 is 4.42 Å². The number of hydrogen-bond acceptors (Lipinski definition) is 3. The molecule has 3 aromatic carbocycles. The first-order chi connectivity index (χ1) is 11.4. The fourth-order valence-electron chi connectivity index (χ4n) is 3.05. The van der Waals surface area contributed by atoms with Gasteiger partial charge >= 0.3 is 0 Å². The van der Waals surface area contributed by atoms with E-state index in [4.69, 9.17) is 4.42 Å². The van der Waals surface area contributed by atoms with Crippen LogP contribution in [0.25, 0.3) is 44.2 Å². The lowest BCUT2D eigenvalue weighted by Crippen LogP contribution is -1.86. The van der Waals surface area contributed by atoms with E-state index in [2.05, 4.69) is 28.2 Å². The zero-order chi connectivity index (χ0) is 15.2. The normalized spacial score (nSPS) is 11.5. The molecule has 108 valence electrons. The fraction of sp³-hybridized carbons (Fsp3) is 0. The molecule has 3 heteroatoms. The summed E-state index contributed by atoms with van der Waals surface area (Å²) in [6, 6.07) is 22.3. The Bertz CT molecular complexity index is 1160. The van der Waals surface area contributed by atoms with Gasteiger partial charge in [0.1, 0.15) is 11.1 Å². The van der Waals surface area contributed by atoms with E-state index in [9.17, 15) is 0 Å². The summed E-state index contributed by atoms with van der Waals surface area (Å²) in [5, 5.41) is 3.35. The van der Waals surface area contributed by atoms with Gasteiger partial charge in [-0.05, 0) is 16.8 Å². The Morgan fingerprint density at radius 3 is 2.52 bits per heavy atom. The second-order valence-corrected chi connectivity index (χ2v) is 5.54. The standard InChI is InChI=1S/C20H12N2O/c1-2-7-14(8-3-1)16-12-21-19-18-15-9-5-4-6-13(15)10-11-17(18)23-20(19)22-16/h1-12H. The summed E-state index contributed by atoms with van der Waals surface area (Å²) < 4.78 is 5.95. The maximum atomic E-state index is 5.95. The predicted octanol–water partition coefficient (Wildman–Crippen LogP) is 5.20. The topological polar surface area (TPSA) is 38.9 Å². The highest BCUT2D eigenvalue weighted by Gasteiger charge is 2.13. The summed E-state index contributed by atoms with van der Waals surface area (Å²) in [7, 11) is 0. The molecule has 0 radical (unpaired) electrons. The second kappa shape index (κ2) is 4.65. The molecule has 0 aliphatic rings. The van der Waals surface area contributed by atoms with Crippen molar-refractivity contribution >= 4 is 33.0 Å². The predicted molar refractivity (Wildman–Crippen MR) is 92.3 cm³/mol. The molecule has 0 saturated carbocycles. The van der Waals surface area contributed by atoms with Gasteiger partial charge in [0.2, 0.25) is 5.71 Å². The molecular weight excluding hydrogens is 284 g/mol. The number of rotatable bonds is 1. The van der Waals surface area contributed by atoms with Gasteiger partial charge in [-0.3, -0.25) is 0 Å². The Balaban J connectivity index is 1.85. The maximum Gasteiger partial charge on any atom is 0.246 e. The minimum Gasteiger partial charge on any atom is -0.436 e. The summed E-state index contributed by atoms with van der Waals surface area (Å²) in [6.45, 7) is 0. The van der Waals surface area contributed by atoms with E-state index in [-0.39, 0.29) is 0 Å². The van der Waals surface area contributed by atoms with E-state index < -0.39 is 0 Å². The van der Waals surface area contributed by atoms with E-state index in [1.54, 1.807) is 0 Å². The highest BCUT2D eigenvalue weighted by atomic mass is 16.3. The lowest BCUT2D eigenvalue weighted by molar-refractivity contribution is 0.654. The van der Waals surface area contributed by atoms with Gasteiger partial charge in [0.25, 0.3) is 0 Å². The third-order valence-electron chi connectivity index (χ3n) is 4.14. The van der Waals surface area contributed by atoms with Gasteiger partial charge in [0.15, 0.2) is 0 Å². The van der Waals surface area contributed by atoms with Gasteiger partial charge in [-0.2, -0.15) is 0 Å². The first-order valence-corrected chi connectivity index (χ1v) is 7.52. The molecule has 0 spiro atoms. The molecule has 2 aromatic heterocycles. The zero-order valence-electron chi connectivity index (χ0n) is 12.2. The summed E-state index contributed by atoms with van der Waals surface area (Å²) in [5.41, 5.74) is 4.08. The number of nitrogens with zero attached hydrogens (tertiary/aromatic N) is 2. The average molecular weight is 296 g/mol. The molecule has 0 aliphatic heterocycles. The molecule has 2 heterocycles. The van der Waals surface area contributed by atoms with Gasteiger partial charge in [-0.25, -0.2) is 9.97 Å². The SMILES string of the molecule is c1ccc(-c2cnc3c(n2)oc2ccc4ccccc4c23)cc1. The monoisotopic (exact) mass is 296 g/mol. The van der Waals surface area contributed by atoms with E-state index in [0.717, 1.165) is 33.1 Å². The summed E-state index contributed by atoms with van der Waals surface area (Å²) in [5.74, 6) is 0. The summed E-state index contributed by atoms with van der Waals surface area (Å²) >= 11 is 0. The smallest absolute Gasteiger partial charge is 0.246 e. The van der Waals surface area contributed by atoms with Gasteiger partial charge in [-0.15, -0.1) is 0 Å². The number of hydrogen-bond donors (Lipinski definition) is 0. The van der Waals surface area contributed by atoms with Gasteiger partial charge in [0, 0.05) is 5.56 Å². The molecule has 23 heavy (non-hydrogen) atoms. The van der Waals surface area contributed by atoms with Crippen LogP contribution in [0, 0.1) is 0 Å². The molecule has 0 aliphatic carbocycles. The van der Waals surface area contributed by atoms with Crippen molar-refractivity contribution in [2.45, 2.75) is 0 Å². The van der Waals surface area contributed by atoms with Crippen molar-refractivity contribution in [3.05, 3.63) is 72.9 Å². The Morgan fingerprint density at radius 1 is 0.783 bits per heavy atom. The molecule has 5 rings (SSSR count). The molecule has 5 aromatic rings. The van der Waals surface area contributed by atoms with Crippen LogP contribution in [-0.4, -0.2) is 9.97 Å². The Hall–Kier alpha value is -3.20. The number of fused-ring (bicyclic) bond motifs is 5. The van der Waals surface area contributed by atoms with Crippen molar-refractivity contribution in [2.24, 2.45) is 0 Å². The van der Waals surface area contributed by atoms with E-state index in [1.165, 1.54) is 5.39 Å². The first-order valence-electron chi connectivity index (χ1n) is 7.52. The summed E-state index contributed by atoms with van der Waals surface area (Å²) in [4.78, 5) is 9.30.